The number of nitrogens with zero attached hydrogens (tertiary/aromatic N) is 3. The number of carbonyl (C=O) groups excluding carboxylic acids is 1. The molecule has 2 heterocycles. The maximum atomic E-state index is 11.1. The first-order valence-corrected chi connectivity index (χ1v) is 8.48. The van der Waals surface area contributed by atoms with Crippen molar-refractivity contribution >= 4 is 47.2 Å². The number of amides is 1. The number of rotatable bonds is 4. The van der Waals surface area contributed by atoms with Crippen molar-refractivity contribution in [2.75, 3.05) is 20.1 Å². The third-order valence-electron chi connectivity index (χ3n) is 3.93. The molecular formula is C15H26IN5OS. The van der Waals surface area contributed by atoms with Gasteiger partial charge in [0.2, 0.25) is 5.91 Å². The van der Waals surface area contributed by atoms with Gasteiger partial charge in [0, 0.05) is 31.4 Å². The van der Waals surface area contributed by atoms with Crippen LogP contribution in [0.5, 0.6) is 0 Å². The van der Waals surface area contributed by atoms with Crippen LogP contribution >= 0.6 is 35.3 Å². The number of likely N-dealkylation sites (tertiary alicyclic amines) is 1. The number of hydrogen-bond donors (Lipinski definition) is 2. The second-order valence-corrected chi connectivity index (χ2v) is 7.05. The van der Waals surface area contributed by atoms with Crippen LogP contribution in [-0.4, -0.2) is 41.9 Å². The fourth-order valence-electron chi connectivity index (χ4n) is 2.94. The van der Waals surface area contributed by atoms with Gasteiger partial charge in [-0.25, -0.2) is 4.98 Å². The fraction of sp³-hybridized carbons (Fsp3) is 0.667. The number of aryl methyl sites for hydroxylation is 2. The Balaban J connectivity index is 0.00000264. The molecule has 1 aromatic heterocycles. The summed E-state index contributed by atoms with van der Waals surface area (Å²) < 4.78 is 0. The normalized spacial score (nSPS) is 18.5. The molecule has 0 aromatic carbocycles. The molecular weight excluding hydrogens is 425 g/mol. The van der Waals surface area contributed by atoms with Gasteiger partial charge >= 0.3 is 0 Å². The lowest BCUT2D eigenvalue weighted by Gasteiger charge is -2.34. The van der Waals surface area contributed by atoms with Crippen molar-refractivity contribution in [3.05, 3.63) is 15.6 Å². The average molecular weight is 451 g/mol. The van der Waals surface area contributed by atoms with E-state index >= 15 is 0 Å². The van der Waals surface area contributed by atoms with Gasteiger partial charge in [-0.05, 0) is 32.6 Å². The van der Waals surface area contributed by atoms with Gasteiger partial charge in [-0.3, -0.25) is 9.79 Å². The Labute approximate surface area is 159 Å². The van der Waals surface area contributed by atoms with Gasteiger partial charge in [-0.15, -0.1) is 35.3 Å². The average Bonchev–Trinajstić information content (AvgIpc) is 2.77. The molecule has 1 aliphatic rings. The number of primary amides is 1. The maximum Gasteiger partial charge on any atom is 0.217 e. The molecule has 2 rings (SSSR count). The smallest absolute Gasteiger partial charge is 0.217 e. The predicted octanol–water partition coefficient (Wildman–Crippen LogP) is 2.04. The first-order valence-electron chi connectivity index (χ1n) is 7.66. The van der Waals surface area contributed by atoms with E-state index in [1.807, 2.05) is 13.8 Å². The summed E-state index contributed by atoms with van der Waals surface area (Å²) in [4.78, 5) is 23.4. The molecule has 8 heteroatoms. The van der Waals surface area contributed by atoms with E-state index in [1.54, 1.807) is 18.4 Å². The summed E-state index contributed by atoms with van der Waals surface area (Å²) in [7, 11) is 1.80. The molecule has 1 fully saturated rings. The number of halogens is 1. The highest BCUT2D eigenvalue weighted by molar-refractivity contribution is 14.0. The summed E-state index contributed by atoms with van der Waals surface area (Å²) in [6.07, 6.45) is 2.58. The fourth-order valence-corrected chi connectivity index (χ4v) is 3.81. The third-order valence-corrected chi connectivity index (χ3v) is 5.00. The Kier molecular flexibility index (Phi) is 8.24. The van der Waals surface area contributed by atoms with E-state index in [0.29, 0.717) is 12.3 Å². The number of hydrogen-bond acceptors (Lipinski definition) is 4. The standard InChI is InChI=1S/C15H25N5OS.HI/c1-10-13(22-11(2)19-10)8-18-15(17-3)20-6-4-5-12(9-20)7-14(16)21;/h12H,4-9H2,1-3H3,(H2,16,21)(H,17,18);1H. The van der Waals surface area contributed by atoms with Crippen LogP contribution in [0.15, 0.2) is 4.99 Å². The lowest BCUT2D eigenvalue weighted by molar-refractivity contribution is -0.119. The molecule has 1 unspecified atom stereocenters. The van der Waals surface area contributed by atoms with Gasteiger partial charge in [0.15, 0.2) is 5.96 Å². The number of guanidine groups is 1. The summed E-state index contributed by atoms with van der Waals surface area (Å²) in [6.45, 7) is 6.60. The van der Waals surface area contributed by atoms with Crippen molar-refractivity contribution in [2.45, 2.75) is 39.7 Å². The van der Waals surface area contributed by atoms with Crippen LogP contribution in [0.3, 0.4) is 0 Å². The predicted molar refractivity (Wildman–Crippen MR) is 105 cm³/mol. The zero-order chi connectivity index (χ0) is 16.1. The Hall–Kier alpha value is -0.900. The second-order valence-electron chi connectivity index (χ2n) is 5.77. The minimum Gasteiger partial charge on any atom is -0.370 e. The Bertz CT molecular complexity index is 560. The SMILES string of the molecule is CN=C(NCc1sc(C)nc1C)N1CCCC(CC(N)=O)C1.I. The van der Waals surface area contributed by atoms with Crippen LogP contribution in [0.1, 0.15) is 34.8 Å². The van der Waals surface area contributed by atoms with Crippen molar-refractivity contribution in [3.8, 4) is 0 Å². The minimum atomic E-state index is -0.217. The van der Waals surface area contributed by atoms with Crippen molar-refractivity contribution in [3.63, 3.8) is 0 Å². The summed E-state index contributed by atoms with van der Waals surface area (Å²) in [5.41, 5.74) is 6.40. The number of thiazole rings is 1. The lowest BCUT2D eigenvalue weighted by atomic mass is 9.95. The Morgan fingerprint density at radius 3 is 2.83 bits per heavy atom. The molecule has 0 spiro atoms. The van der Waals surface area contributed by atoms with Crippen molar-refractivity contribution < 1.29 is 4.79 Å². The zero-order valence-electron chi connectivity index (χ0n) is 14.0. The molecule has 0 radical (unpaired) electrons. The molecule has 1 saturated heterocycles. The molecule has 0 aliphatic carbocycles. The maximum absolute atomic E-state index is 11.1. The highest BCUT2D eigenvalue weighted by atomic mass is 127. The first kappa shape index (κ1) is 20.1. The van der Waals surface area contributed by atoms with Crippen molar-refractivity contribution in [1.29, 1.82) is 0 Å². The van der Waals surface area contributed by atoms with Gasteiger partial charge in [0.1, 0.15) is 0 Å². The molecule has 1 atom stereocenters. The minimum absolute atomic E-state index is 0. The van der Waals surface area contributed by atoms with E-state index in [-0.39, 0.29) is 29.9 Å². The lowest BCUT2D eigenvalue weighted by Crippen LogP contribution is -2.46. The van der Waals surface area contributed by atoms with E-state index in [2.05, 4.69) is 20.2 Å². The van der Waals surface area contributed by atoms with E-state index in [0.717, 1.165) is 49.1 Å². The summed E-state index contributed by atoms with van der Waals surface area (Å²) in [5.74, 6) is 1.00. The van der Waals surface area contributed by atoms with Crippen LogP contribution in [0, 0.1) is 19.8 Å². The molecule has 0 saturated carbocycles. The molecule has 130 valence electrons. The van der Waals surface area contributed by atoms with Crippen LogP contribution in [0.25, 0.3) is 0 Å². The monoisotopic (exact) mass is 451 g/mol. The van der Waals surface area contributed by atoms with E-state index in [1.165, 1.54) is 4.88 Å². The van der Waals surface area contributed by atoms with E-state index in [4.69, 9.17) is 5.73 Å². The number of nitrogens with one attached hydrogen (secondary N) is 1. The van der Waals surface area contributed by atoms with Crippen LogP contribution < -0.4 is 11.1 Å². The molecule has 23 heavy (non-hydrogen) atoms. The topological polar surface area (TPSA) is 83.6 Å². The van der Waals surface area contributed by atoms with Crippen LogP contribution in [0.2, 0.25) is 0 Å². The molecule has 1 aliphatic heterocycles. The van der Waals surface area contributed by atoms with Crippen LogP contribution in [0.4, 0.5) is 0 Å². The Morgan fingerprint density at radius 1 is 1.52 bits per heavy atom. The van der Waals surface area contributed by atoms with Gasteiger partial charge in [-0.2, -0.15) is 0 Å². The van der Waals surface area contributed by atoms with Crippen LogP contribution in [-0.2, 0) is 11.3 Å². The van der Waals surface area contributed by atoms with Gasteiger partial charge in [0.25, 0.3) is 0 Å². The summed E-state index contributed by atoms with van der Waals surface area (Å²) >= 11 is 1.71. The molecule has 3 N–H and O–H groups in total. The largest absolute Gasteiger partial charge is 0.370 e. The summed E-state index contributed by atoms with van der Waals surface area (Å²) in [6, 6.07) is 0. The van der Waals surface area contributed by atoms with Crippen molar-refractivity contribution in [1.82, 2.24) is 15.2 Å². The number of carbonyl (C=O) groups is 1. The van der Waals surface area contributed by atoms with Gasteiger partial charge in [0.05, 0.1) is 17.2 Å². The Morgan fingerprint density at radius 2 is 2.26 bits per heavy atom. The first-order chi connectivity index (χ1) is 10.5. The van der Waals surface area contributed by atoms with Crippen molar-refractivity contribution in [2.24, 2.45) is 16.6 Å². The number of aromatic nitrogens is 1. The van der Waals surface area contributed by atoms with Gasteiger partial charge in [-0.1, -0.05) is 0 Å². The highest BCUT2D eigenvalue weighted by Gasteiger charge is 2.23. The zero-order valence-corrected chi connectivity index (χ0v) is 17.1. The quantitative estimate of drug-likeness (QED) is 0.417. The molecule has 0 bridgehead atoms. The number of piperidine rings is 1. The summed E-state index contributed by atoms with van der Waals surface area (Å²) in [5, 5.41) is 4.50. The van der Waals surface area contributed by atoms with Gasteiger partial charge < -0.3 is 16.0 Å². The number of aliphatic imine (C=N–C) groups is 1. The molecule has 1 aromatic rings. The molecule has 1 amide bonds. The van der Waals surface area contributed by atoms with E-state index in [9.17, 15) is 4.79 Å². The highest BCUT2D eigenvalue weighted by Crippen LogP contribution is 2.20. The molecule has 6 nitrogen and oxygen atoms in total. The third kappa shape index (κ3) is 5.91. The number of nitrogens with two attached hydrogens (primary N) is 1. The van der Waals surface area contributed by atoms with E-state index < -0.39 is 0 Å². The second kappa shape index (κ2) is 9.41.